The Morgan fingerprint density at radius 2 is 1.39 bits per heavy atom. The van der Waals surface area contributed by atoms with E-state index < -0.39 is 0 Å². The summed E-state index contributed by atoms with van der Waals surface area (Å²) in [5.74, 6) is -0.0892. The summed E-state index contributed by atoms with van der Waals surface area (Å²) >= 11 is 0. The van der Waals surface area contributed by atoms with Crippen LogP contribution < -0.4 is 5.69 Å². The van der Waals surface area contributed by atoms with Gasteiger partial charge in [0.2, 0.25) is 0 Å². The molecular formula is C22H24N4O2. The topological polar surface area (TPSA) is 61.3 Å². The number of hydrogen-bond acceptors (Lipinski definition) is 3. The Kier molecular flexibility index (Phi) is 5.39. The van der Waals surface area contributed by atoms with Crippen LogP contribution in [0, 0.1) is 0 Å². The minimum atomic E-state index is -0.255. The molecule has 1 fully saturated rings. The van der Waals surface area contributed by atoms with Crippen LogP contribution in [0.2, 0.25) is 0 Å². The van der Waals surface area contributed by atoms with Crippen molar-refractivity contribution in [3.05, 3.63) is 94.2 Å². The van der Waals surface area contributed by atoms with Crippen molar-refractivity contribution in [1.82, 2.24) is 19.4 Å². The molecule has 1 amide bonds. The molecule has 4 rings (SSSR count). The van der Waals surface area contributed by atoms with Crippen molar-refractivity contribution in [3.63, 3.8) is 0 Å². The molecule has 2 heterocycles. The standard InChI is InChI=1S/C22H24N4O2/c27-21(20-15-23-22(28)26(20)17-19-9-5-2-6-10-19)25-13-11-24(12-14-25)16-18-7-3-1-4-8-18/h1-10,15H,11-14,16-17H2,(H,23,28). The van der Waals surface area contributed by atoms with Crippen molar-refractivity contribution in [2.75, 3.05) is 26.2 Å². The van der Waals surface area contributed by atoms with Crippen molar-refractivity contribution in [2.24, 2.45) is 0 Å². The zero-order valence-electron chi connectivity index (χ0n) is 15.8. The number of benzene rings is 2. The third-order valence-electron chi connectivity index (χ3n) is 5.18. The minimum absolute atomic E-state index is 0.0892. The summed E-state index contributed by atoms with van der Waals surface area (Å²) in [7, 11) is 0. The van der Waals surface area contributed by atoms with Gasteiger partial charge in [-0.05, 0) is 11.1 Å². The highest BCUT2D eigenvalue weighted by Gasteiger charge is 2.25. The van der Waals surface area contributed by atoms with Gasteiger partial charge >= 0.3 is 5.69 Å². The lowest BCUT2D eigenvalue weighted by Gasteiger charge is -2.34. The van der Waals surface area contributed by atoms with Gasteiger partial charge in [-0.1, -0.05) is 60.7 Å². The second-order valence-electron chi connectivity index (χ2n) is 7.10. The molecule has 1 N–H and O–H groups in total. The van der Waals surface area contributed by atoms with Gasteiger partial charge in [0, 0.05) is 38.9 Å². The second kappa shape index (κ2) is 8.27. The zero-order valence-corrected chi connectivity index (χ0v) is 15.8. The molecule has 0 saturated carbocycles. The molecule has 6 heteroatoms. The number of carbonyl (C=O) groups excluding carboxylic acids is 1. The van der Waals surface area contributed by atoms with Gasteiger partial charge < -0.3 is 9.88 Å². The molecular weight excluding hydrogens is 352 g/mol. The van der Waals surface area contributed by atoms with Crippen molar-refractivity contribution < 1.29 is 4.79 Å². The van der Waals surface area contributed by atoms with E-state index in [1.807, 2.05) is 53.4 Å². The largest absolute Gasteiger partial charge is 0.335 e. The van der Waals surface area contributed by atoms with Crippen LogP contribution in [0.1, 0.15) is 21.6 Å². The number of imidazole rings is 1. The van der Waals surface area contributed by atoms with Crippen molar-refractivity contribution in [2.45, 2.75) is 13.1 Å². The number of nitrogens with one attached hydrogen (secondary N) is 1. The molecule has 1 aromatic heterocycles. The van der Waals surface area contributed by atoms with E-state index in [0.29, 0.717) is 25.3 Å². The molecule has 0 atom stereocenters. The van der Waals surface area contributed by atoms with Gasteiger partial charge in [-0.3, -0.25) is 14.3 Å². The van der Waals surface area contributed by atoms with Gasteiger partial charge in [0.1, 0.15) is 5.69 Å². The summed E-state index contributed by atoms with van der Waals surface area (Å²) in [6.45, 7) is 4.26. The van der Waals surface area contributed by atoms with Crippen LogP contribution in [-0.2, 0) is 13.1 Å². The lowest BCUT2D eigenvalue weighted by molar-refractivity contribution is 0.0618. The smallest absolute Gasteiger partial charge is 0.326 e. The molecule has 1 aliphatic rings. The fraction of sp³-hybridized carbons (Fsp3) is 0.273. The van der Waals surface area contributed by atoms with E-state index in [4.69, 9.17) is 0 Å². The molecule has 6 nitrogen and oxygen atoms in total. The summed E-state index contributed by atoms with van der Waals surface area (Å²) in [5.41, 5.74) is 2.44. The van der Waals surface area contributed by atoms with Crippen LogP contribution in [0.4, 0.5) is 0 Å². The van der Waals surface area contributed by atoms with Gasteiger partial charge in [-0.15, -0.1) is 0 Å². The molecule has 144 valence electrons. The predicted molar refractivity (Wildman–Crippen MR) is 108 cm³/mol. The summed E-state index contributed by atoms with van der Waals surface area (Å²) in [5, 5.41) is 0. The first-order valence-corrected chi connectivity index (χ1v) is 9.58. The van der Waals surface area contributed by atoms with E-state index in [1.165, 1.54) is 16.3 Å². The maximum atomic E-state index is 13.0. The summed E-state index contributed by atoms with van der Waals surface area (Å²) < 4.78 is 1.52. The predicted octanol–water partition coefficient (Wildman–Crippen LogP) is 2.18. The van der Waals surface area contributed by atoms with Crippen molar-refractivity contribution >= 4 is 5.91 Å². The van der Waals surface area contributed by atoms with E-state index in [1.54, 1.807) is 0 Å². The second-order valence-corrected chi connectivity index (χ2v) is 7.10. The van der Waals surface area contributed by atoms with Gasteiger partial charge in [0.05, 0.1) is 6.54 Å². The van der Waals surface area contributed by atoms with Gasteiger partial charge in [-0.25, -0.2) is 4.79 Å². The Labute approximate surface area is 164 Å². The number of piperazine rings is 1. The Hall–Kier alpha value is -3.12. The Balaban J connectivity index is 1.41. The highest BCUT2D eigenvalue weighted by molar-refractivity contribution is 5.92. The molecule has 1 aliphatic heterocycles. The average Bonchev–Trinajstić information content (AvgIpc) is 3.10. The summed E-state index contributed by atoms with van der Waals surface area (Å²) in [6.07, 6.45) is 1.53. The third-order valence-corrected chi connectivity index (χ3v) is 5.18. The SMILES string of the molecule is O=C(c1c[nH]c(=O)n1Cc1ccccc1)N1CCN(Cc2ccccc2)CC1. The molecule has 0 bridgehead atoms. The maximum Gasteiger partial charge on any atom is 0.326 e. The number of rotatable bonds is 5. The first kappa shape index (κ1) is 18.3. The van der Waals surface area contributed by atoms with Crippen LogP contribution >= 0.6 is 0 Å². The van der Waals surface area contributed by atoms with Crippen LogP contribution in [0.3, 0.4) is 0 Å². The number of amides is 1. The van der Waals surface area contributed by atoms with Crippen molar-refractivity contribution in [3.8, 4) is 0 Å². The normalized spacial score (nSPS) is 14.9. The Bertz CT molecular complexity index is 971. The number of hydrogen-bond donors (Lipinski definition) is 1. The van der Waals surface area contributed by atoms with Crippen LogP contribution in [0.25, 0.3) is 0 Å². The third kappa shape index (κ3) is 4.07. The lowest BCUT2D eigenvalue weighted by atomic mass is 10.2. The summed E-state index contributed by atoms with van der Waals surface area (Å²) in [4.78, 5) is 32.1. The zero-order chi connectivity index (χ0) is 19.3. The first-order chi connectivity index (χ1) is 13.7. The molecule has 0 spiro atoms. The Morgan fingerprint density at radius 1 is 0.821 bits per heavy atom. The van der Waals surface area contributed by atoms with E-state index in [9.17, 15) is 9.59 Å². The van der Waals surface area contributed by atoms with E-state index >= 15 is 0 Å². The van der Waals surface area contributed by atoms with Crippen LogP contribution in [-0.4, -0.2) is 51.4 Å². The maximum absolute atomic E-state index is 13.0. The summed E-state index contributed by atoms with van der Waals surface area (Å²) in [6, 6.07) is 20.1. The molecule has 1 saturated heterocycles. The van der Waals surface area contributed by atoms with Crippen molar-refractivity contribution in [1.29, 1.82) is 0 Å². The van der Waals surface area contributed by atoms with Gasteiger partial charge in [0.25, 0.3) is 5.91 Å². The number of aromatic nitrogens is 2. The number of H-pyrrole nitrogens is 1. The quantitative estimate of drug-likeness (QED) is 0.743. The minimum Gasteiger partial charge on any atom is -0.335 e. The monoisotopic (exact) mass is 376 g/mol. The molecule has 28 heavy (non-hydrogen) atoms. The molecule has 2 aromatic carbocycles. The van der Waals surface area contributed by atoms with E-state index in [2.05, 4.69) is 22.0 Å². The number of aromatic amines is 1. The number of carbonyl (C=O) groups is 1. The fourth-order valence-corrected chi connectivity index (χ4v) is 3.61. The highest BCUT2D eigenvalue weighted by Crippen LogP contribution is 2.12. The van der Waals surface area contributed by atoms with Gasteiger partial charge in [-0.2, -0.15) is 0 Å². The lowest BCUT2D eigenvalue weighted by Crippen LogP contribution is -2.48. The molecule has 0 aliphatic carbocycles. The molecule has 0 radical (unpaired) electrons. The number of nitrogens with zero attached hydrogens (tertiary/aromatic N) is 3. The fourth-order valence-electron chi connectivity index (χ4n) is 3.61. The van der Waals surface area contributed by atoms with Crippen LogP contribution in [0.15, 0.2) is 71.7 Å². The molecule has 3 aromatic rings. The van der Waals surface area contributed by atoms with Crippen LogP contribution in [0.5, 0.6) is 0 Å². The molecule has 0 unspecified atom stereocenters. The van der Waals surface area contributed by atoms with E-state index in [-0.39, 0.29) is 11.6 Å². The average molecular weight is 376 g/mol. The highest BCUT2D eigenvalue weighted by atomic mass is 16.2. The van der Waals surface area contributed by atoms with Gasteiger partial charge in [0.15, 0.2) is 0 Å². The Morgan fingerprint density at radius 3 is 2.00 bits per heavy atom. The van der Waals surface area contributed by atoms with E-state index in [0.717, 1.165) is 25.2 Å². The first-order valence-electron chi connectivity index (χ1n) is 9.58.